The first-order valence-corrected chi connectivity index (χ1v) is 7.73. The molecule has 0 aliphatic rings. The molecule has 0 spiro atoms. The number of anilines is 1. The fourth-order valence-electron chi connectivity index (χ4n) is 2.17. The maximum atomic E-state index is 12.2. The van der Waals surface area contributed by atoms with Gasteiger partial charge in [-0.1, -0.05) is 19.1 Å². The first-order chi connectivity index (χ1) is 11.0. The predicted octanol–water partition coefficient (Wildman–Crippen LogP) is 4.18. The Morgan fingerprint density at radius 1 is 1.30 bits per heavy atom. The third-order valence-corrected chi connectivity index (χ3v) is 3.63. The van der Waals surface area contributed by atoms with Crippen molar-refractivity contribution in [3.05, 3.63) is 59.4 Å². The monoisotopic (exact) mass is 307 g/mol. The van der Waals surface area contributed by atoms with Gasteiger partial charge in [0.25, 0.3) is 5.91 Å². The standard InChI is InChI=1S/C19H21N3O/c1-4-15-5-7-18(8-6-15)21-19(23)17(12-20)11-16-9-10-22(13-16)14(2)3/h5-11,13-14H,4H2,1-3H3,(H,21,23)/b17-11+. The Balaban J connectivity index is 2.13. The smallest absolute Gasteiger partial charge is 0.266 e. The predicted molar refractivity (Wildman–Crippen MR) is 92.9 cm³/mol. The average molecular weight is 307 g/mol. The van der Waals surface area contributed by atoms with Gasteiger partial charge in [0.1, 0.15) is 11.6 Å². The van der Waals surface area contributed by atoms with E-state index in [0.717, 1.165) is 12.0 Å². The molecule has 1 aromatic carbocycles. The van der Waals surface area contributed by atoms with Crippen molar-refractivity contribution in [1.29, 1.82) is 5.26 Å². The molecule has 0 bridgehead atoms. The minimum absolute atomic E-state index is 0.0890. The number of hydrogen-bond donors (Lipinski definition) is 1. The van der Waals surface area contributed by atoms with Gasteiger partial charge >= 0.3 is 0 Å². The van der Waals surface area contributed by atoms with Crippen LogP contribution in [0.3, 0.4) is 0 Å². The number of hydrogen-bond acceptors (Lipinski definition) is 2. The zero-order valence-corrected chi connectivity index (χ0v) is 13.7. The number of rotatable bonds is 5. The molecule has 4 heteroatoms. The number of nitrogens with zero attached hydrogens (tertiary/aromatic N) is 2. The molecule has 4 nitrogen and oxygen atoms in total. The third kappa shape index (κ3) is 4.33. The van der Waals surface area contributed by atoms with Crippen LogP contribution < -0.4 is 5.32 Å². The van der Waals surface area contributed by atoms with Crippen LogP contribution in [0.1, 0.15) is 37.9 Å². The fourth-order valence-corrected chi connectivity index (χ4v) is 2.17. The summed E-state index contributed by atoms with van der Waals surface area (Å²) in [5, 5.41) is 12.0. The van der Waals surface area contributed by atoms with E-state index in [-0.39, 0.29) is 5.57 Å². The third-order valence-electron chi connectivity index (χ3n) is 3.63. The average Bonchev–Trinajstić information content (AvgIpc) is 3.02. The highest BCUT2D eigenvalue weighted by molar-refractivity contribution is 6.09. The zero-order chi connectivity index (χ0) is 16.8. The van der Waals surface area contributed by atoms with E-state index in [0.29, 0.717) is 11.7 Å². The number of carbonyl (C=O) groups is 1. The molecule has 0 saturated heterocycles. The summed E-state index contributed by atoms with van der Waals surface area (Å²) in [5.74, 6) is -0.394. The van der Waals surface area contributed by atoms with Crippen LogP contribution in [-0.4, -0.2) is 10.5 Å². The number of amides is 1. The number of aromatic nitrogens is 1. The summed E-state index contributed by atoms with van der Waals surface area (Å²) in [6, 6.07) is 11.8. The normalized spacial score (nSPS) is 11.3. The molecule has 1 aromatic heterocycles. The Kier molecular flexibility index (Phi) is 5.37. The van der Waals surface area contributed by atoms with Crippen LogP contribution in [0.25, 0.3) is 6.08 Å². The van der Waals surface area contributed by atoms with Crippen LogP contribution >= 0.6 is 0 Å². The molecular formula is C19H21N3O. The molecule has 0 aliphatic heterocycles. The minimum atomic E-state index is -0.394. The second-order valence-electron chi connectivity index (χ2n) is 5.66. The second-order valence-corrected chi connectivity index (χ2v) is 5.66. The van der Waals surface area contributed by atoms with E-state index in [2.05, 4.69) is 26.1 Å². The van der Waals surface area contributed by atoms with E-state index >= 15 is 0 Å². The van der Waals surface area contributed by atoms with Gasteiger partial charge < -0.3 is 9.88 Å². The summed E-state index contributed by atoms with van der Waals surface area (Å²) in [4.78, 5) is 12.2. The zero-order valence-electron chi connectivity index (χ0n) is 13.7. The van der Waals surface area contributed by atoms with Crippen LogP contribution in [0, 0.1) is 11.3 Å². The van der Waals surface area contributed by atoms with Gasteiger partial charge in [-0.3, -0.25) is 4.79 Å². The van der Waals surface area contributed by atoms with Crippen molar-refractivity contribution in [2.45, 2.75) is 33.2 Å². The maximum absolute atomic E-state index is 12.2. The molecule has 1 heterocycles. The Labute approximate surface area is 137 Å². The number of nitriles is 1. The highest BCUT2D eigenvalue weighted by Crippen LogP contribution is 2.14. The van der Waals surface area contributed by atoms with Crippen molar-refractivity contribution < 1.29 is 4.79 Å². The summed E-state index contributed by atoms with van der Waals surface area (Å²) in [5.41, 5.74) is 2.82. The molecule has 23 heavy (non-hydrogen) atoms. The van der Waals surface area contributed by atoms with Gasteiger partial charge in [-0.25, -0.2) is 0 Å². The fraction of sp³-hybridized carbons (Fsp3) is 0.263. The molecule has 0 unspecified atom stereocenters. The molecule has 1 N–H and O–H groups in total. The SMILES string of the molecule is CCc1ccc(NC(=O)/C(C#N)=C/c2ccn(C(C)C)c2)cc1. The Hall–Kier alpha value is -2.80. The lowest BCUT2D eigenvalue weighted by Gasteiger charge is -2.06. The summed E-state index contributed by atoms with van der Waals surface area (Å²) >= 11 is 0. The van der Waals surface area contributed by atoms with Gasteiger partial charge in [-0.15, -0.1) is 0 Å². The van der Waals surface area contributed by atoms with Crippen molar-refractivity contribution >= 4 is 17.7 Å². The summed E-state index contributed by atoms with van der Waals surface area (Å²) < 4.78 is 2.03. The van der Waals surface area contributed by atoms with Gasteiger partial charge in [0, 0.05) is 24.1 Å². The summed E-state index contributed by atoms with van der Waals surface area (Å²) in [6.45, 7) is 6.23. The highest BCUT2D eigenvalue weighted by atomic mass is 16.1. The summed E-state index contributed by atoms with van der Waals surface area (Å²) in [7, 11) is 0. The number of aryl methyl sites for hydroxylation is 1. The molecule has 0 radical (unpaired) electrons. The molecule has 0 atom stereocenters. The van der Waals surface area contributed by atoms with Crippen molar-refractivity contribution in [2.75, 3.05) is 5.32 Å². The first-order valence-electron chi connectivity index (χ1n) is 7.73. The van der Waals surface area contributed by atoms with Crippen molar-refractivity contribution in [2.24, 2.45) is 0 Å². The van der Waals surface area contributed by atoms with E-state index in [4.69, 9.17) is 0 Å². The van der Waals surface area contributed by atoms with Crippen molar-refractivity contribution in [3.63, 3.8) is 0 Å². The van der Waals surface area contributed by atoms with Crippen molar-refractivity contribution in [3.8, 4) is 6.07 Å². The second kappa shape index (κ2) is 7.46. The summed E-state index contributed by atoms with van der Waals surface area (Å²) in [6.07, 6.45) is 6.41. The van der Waals surface area contributed by atoms with E-state index in [1.807, 2.05) is 53.4 Å². The van der Waals surface area contributed by atoms with E-state index in [9.17, 15) is 10.1 Å². The van der Waals surface area contributed by atoms with E-state index < -0.39 is 5.91 Å². The van der Waals surface area contributed by atoms with Crippen LogP contribution in [0.15, 0.2) is 48.3 Å². The number of nitrogens with one attached hydrogen (secondary N) is 1. The van der Waals surface area contributed by atoms with Gasteiger partial charge in [0.2, 0.25) is 0 Å². The minimum Gasteiger partial charge on any atom is -0.351 e. The maximum Gasteiger partial charge on any atom is 0.266 e. The van der Waals surface area contributed by atoms with Gasteiger partial charge in [0.05, 0.1) is 0 Å². The molecule has 118 valence electrons. The molecule has 0 fully saturated rings. The Morgan fingerprint density at radius 3 is 2.52 bits per heavy atom. The lowest BCUT2D eigenvalue weighted by atomic mass is 10.1. The van der Waals surface area contributed by atoms with E-state index in [1.165, 1.54) is 5.56 Å². The number of benzene rings is 1. The molecule has 2 aromatic rings. The number of carbonyl (C=O) groups excluding carboxylic acids is 1. The molecular weight excluding hydrogens is 286 g/mol. The Bertz CT molecular complexity index is 746. The van der Waals surface area contributed by atoms with Gasteiger partial charge in [-0.2, -0.15) is 5.26 Å². The van der Waals surface area contributed by atoms with Crippen LogP contribution in [0.5, 0.6) is 0 Å². The van der Waals surface area contributed by atoms with Crippen LogP contribution in [-0.2, 0) is 11.2 Å². The van der Waals surface area contributed by atoms with Crippen LogP contribution in [0.2, 0.25) is 0 Å². The lowest BCUT2D eigenvalue weighted by molar-refractivity contribution is -0.112. The highest BCUT2D eigenvalue weighted by Gasteiger charge is 2.10. The molecule has 0 saturated carbocycles. The topological polar surface area (TPSA) is 57.8 Å². The van der Waals surface area contributed by atoms with Gasteiger partial charge in [0.15, 0.2) is 0 Å². The quantitative estimate of drug-likeness (QED) is 0.665. The molecule has 0 aliphatic carbocycles. The van der Waals surface area contributed by atoms with Crippen LogP contribution in [0.4, 0.5) is 5.69 Å². The molecule has 1 amide bonds. The lowest BCUT2D eigenvalue weighted by Crippen LogP contribution is -2.13. The first kappa shape index (κ1) is 16.6. The Morgan fingerprint density at radius 2 is 2.00 bits per heavy atom. The van der Waals surface area contributed by atoms with Gasteiger partial charge in [-0.05, 0) is 55.7 Å². The molecule has 2 rings (SSSR count). The largest absolute Gasteiger partial charge is 0.351 e. The van der Waals surface area contributed by atoms with Crippen molar-refractivity contribution in [1.82, 2.24) is 4.57 Å². The van der Waals surface area contributed by atoms with E-state index in [1.54, 1.807) is 6.08 Å².